The predicted molar refractivity (Wildman–Crippen MR) is 351 cm³/mol. The van der Waals surface area contributed by atoms with Gasteiger partial charge in [-0.1, -0.05) is 49.6 Å². The molecule has 4 aromatic rings. The van der Waals surface area contributed by atoms with Gasteiger partial charge in [-0.2, -0.15) is 0 Å². The van der Waals surface area contributed by atoms with E-state index in [4.69, 9.17) is 33.2 Å². The van der Waals surface area contributed by atoms with Gasteiger partial charge in [0, 0.05) is 50.1 Å². The number of carboxylic acids is 2. The summed E-state index contributed by atoms with van der Waals surface area (Å²) in [7, 11) is 5.90. The largest absolute Gasteiger partial charge is 0.493 e. The van der Waals surface area contributed by atoms with Crippen molar-refractivity contribution < 1.29 is 101 Å². The minimum atomic E-state index is -2.11. The topological polar surface area (TPSA) is 344 Å². The summed E-state index contributed by atoms with van der Waals surface area (Å²) in [5.74, 6) is -10.3. The number of Topliss-reactive ketones (excluding diaryl/α,β-unsaturated/α-hetero) is 2. The predicted octanol–water partition coefficient (Wildman–Crippen LogP) is 7.43. The van der Waals surface area contributed by atoms with E-state index in [0.717, 1.165) is 32.4 Å². The van der Waals surface area contributed by atoms with Crippen molar-refractivity contribution in [2.75, 3.05) is 71.4 Å². The molecule has 0 radical (unpaired) electrons. The SMILES string of the molecule is C=CC(=O)NCC(C)(CN(C(=O)CC(=O)O)c1cccc([C@@H](CCc2ccc(OC)c(OC)c2)OC(=O)[C@@H]2CCCCN2C(=O)C(=O)C(C)(C)COC(=O)C=C)c1)C(=O)C(=O)N1CCCC[C@H]1C(=O)O[C@H](CCc1ccc(OC)c(OC)c1)c1cccc(NC(=O)CCC(=O)O)c1. The molecular formula is C71H85N5O21. The standard InChI is InChI=1S/C71H85N5O21/c1-10-58(77)72-41-71(5,65(86)67(88)75-35-15-13-23-51(75)69(90)96-52(28-24-44-26-30-54(91-6)56(36-44)93-8)46-18-16-20-48(38-46)73-59(78)32-33-61(80)81)42-76(60(79)40-62(82)83)49-21-17-19-47(39-49)53(29-25-45-27-31-55(92-7)57(37-45)94-9)97-68(89)50-22-12-14-34-74(50)66(87)64(85)70(3,4)43-95-63(84)11-2/h10-11,16-21,26-27,30-31,36-39,50-53H,1-2,12-15,22-25,28-29,32-35,40-43H2,3-9H3,(H,72,77)(H,73,78)(H,80,81)(H,82,83)/t50-,51-,52+,53+,71?/m0/s1. The van der Waals surface area contributed by atoms with Crippen molar-refractivity contribution in [1.82, 2.24) is 15.1 Å². The number of ether oxygens (including phenoxy) is 7. The second-order valence-corrected chi connectivity index (χ2v) is 24.4. The normalized spacial score (nSPS) is 15.7. The van der Waals surface area contributed by atoms with Gasteiger partial charge in [-0.3, -0.25) is 43.2 Å². The Bertz CT molecular complexity index is 3600. The molecule has 0 bridgehead atoms. The zero-order valence-electron chi connectivity index (χ0n) is 55.7. The number of nitrogens with one attached hydrogen (secondary N) is 2. The monoisotopic (exact) mass is 1340 g/mol. The van der Waals surface area contributed by atoms with Crippen LogP contribution >= 0.6 is 0 Å². The molecular weight excluding hydrogens is 1260 g/mol. The first-order valence-corrected chi connectivity index (χ1v) is 31.7. The minimum Gasteiger partial charge on any atom is -0.493 e. The molecule has 0 aromatic heterocycles. The first-order valence-electron chi connectivity index (χ1n) is 31.7. The highest BCUT2D eigenvalue weighted by Gasteiger charge is 2.47. The van der Waals surface area contributed by atoms with Crippen LogP contribution in [-0.4, -0.2) is 164 Å². The number of carbonyl (C=O) groups is 12. The van der Waals surface area contributed by atoms with Gasteiger partial charge in [0.25, 0.3) is 11.8 Å². The van der Waals surface area contributed by atoms with E-state index in [9.17, 15) is 58.2 Å². The van der Waals surface area contributed by atoms with E-state index < -0.39 is 139 Å². The number of hydrogen-bond acceptors (Lipinski definition) is 19. The number of nitrogens with zero attached hydrogens (tertiary/aromatic N) is 3. The highest BCUT2D eigenvalue weighted by molar-refractivity contribution is 6.39. The molecule has 0 saturated carbocycles. The number of methoxy groups -OCH3 is 4. The van der Waals surface area contributed by atoms with E-state index in [-0.39, 0.29) is 68.6 Å². The number of esters is 3. The number of likely N-dealkylation sites (tertiary alicyclic amines) is 2. The molecule has 2 saturated heterocycles. The molecule has 1 unspecified atom stereocenters. The molecule has 0 spiro atoms. The van der Waals surface area contributed by atoms with Gasteiger partial charge in [-0.25, -0.2) is 14.4 Å². The highest BCUT2D eigenvalue weighted by Crippen LogP contribution is 2.37. The molecule has 6 rings (SSSR count). The lowest BCUT2D eigenvalue weighted by molar-refractivity contribution is -0.165. The van der Waals surface area contributed by atoms with Gasteiger partial charge in [0.15, 0.2) is 23.0 Å². The molecule has 520 valence electrons. The third kappa shape index (κ3) is 20.8. The van der Waals surface area contributed by atoms with Crippen molar-refractivity contribution in [3.8, 4) is 23.0 Å². The molecule has 26 heteroatoms. The van der Waals surface area contributed by atoms with E-state index in [1.807, 2.05) is 0 Å². The third-order valence-corrected chi connectivity index (χ3v) is 16.8. The highest BCUT2D eigenvalue weighted by atomic mass is 16.6. The fourth-order valence-corrected chi connectivity index (χ4v) is 11.3. The molecule has 2 fully saturated rings. The average molecular weight is 1340 g/mol. The fraction of sp³-hybridized carbons (Fsp3) is 0.437. The lowest BCUT2D eigenvalue weighted by atomic mass is 9.82. The maximum absolute atomic E-state index is 15.3. The zero-order chi connectivity index (χ0) is 71.1. The van der Waals surface area contributed by atoms with Crippen molar-refractivity contribution >= 4 is 82.3 Å². The van der Waals surface area contributed by atoms with Crippen LogP contribution in [0, 0.1) is 10.8 Å². The molecule has 5 atom stereocenters. The van der Waals surface area contributed by atoms with Crippen LogP contribution in [0.25, 0.3) is 0 Å². The molecule has 2 heterocycles. The number of benzene rings is 4. The number of carboxylic acid groups (broad SMARTS) is 2. The minimum absolute atomic E-state index is 0.0109. The maximum atomic E-state index is 15.3. The van der Waals surface area contributed by atoms with Gasteiger partial charge >= 0.3 is 29.8 Å². The van der Waals surface area contributed by atoms with Crippen molar-refractivity contribution in [1.29, 1.82) is 0 Å². The number of amides is 5. The van der Waals surface area contributed by atoms with Crippen LogP contribution in [-0.2, 0) is 84.6 Å². The van der Waals surface area contributed by atoms with E-state index >= 15 is 9.59 Å². The molecule has 2 aliphatic heterocycles. The van der Waals surface area contributed by atoms with Crippen LogP contribution in [0.2, 0.25) is 0 Å². The summed E-state index contributed by atoms with van der Waals surface area (Å²) in [5.41, 5.74) is -1.26. The summed E-state index contributed by atoms with van der Waals surface area (Å²) in [6, 6.07) is 20.2. The van der Waals surface area contributed by atoms with Crippen LogP contribution in [0.1, 0.15) is 126 Å². The molecule has 26 nitrogen and oxygen atoms in total. The molecule has 2 aliphatic rings. The van der Waals surface area contributed by atoms with Crippen molar-refractivity contribution in [2.45, 2.75) is 129 Å². The third-order valence-electron chi connectivity index (χ3n) is 16.8. The van der Waals surface area contributed by atoms with Crippen LogP contribution in [0.15, 0.2) is 110 Å². The zero-order valence-corrected chi connectivity index (χ0v) is 55.7. The van der Waals surface area contributed by atoms with Crippen molar-refractivity contribution in [3.63, 3.8) is 0 Å². The second-order valence-electron chi connectivity index (χ2n) is 24.4. The Balaban J connectivity index is 1.36. The Morgan fingerprint density at radius 2 is 1.13 bits per heavy atom. The summed E-state index contributed by atoms with van der Waals surface area (Å²) >= 11 is 0. The Kier molecular flexibility index (Phi) is 27.6. The quantitative estimate of drug-likeness (QED) is 0.0114. The van der Waals surface area contributed by atoms with Gasteiger partial charge in [0.1, 0.15) is 37.3 Å². The van der Waals surface area contributed by atoms with Gasteiger partial charge in [-0.05, 0) is 162 Å². The number of aliphatic carboxylic acids is 2. The number of anilines is 2. The molecule has 5 amide bonds. The molecule has 0 aliphatic carbocycles. The Hall–Kier alpha value is -10.4. The van der Waals surface area contributed by atoms with Gasteiger partial charge < -0.3 is 68.7 Å². The van der Waals surface area contributed by atoms with E-state index in [1.54, 1.807) is 66.7 Å². The van der Waals surface area contributed by atoms with Gasteiger partial charge in [0.05, 0.1) is 45.7 Å². The Morgan fingerprint density at radius 1 is 0.619 bits per heavy atom. The second kappa shape index (κ2) is 35.4. The van der Waals surface area contributed by atoms with Crippen LogP contribution in [0.4, 0.5) is 11.4 Å². The molecule has 4 N–H and O–H groups in total. The number of piperidine rings is 2. The summed E-state index contributed by atoms with van der Waals surface area (Å²) in [6.07, 6.45) is 0.216. The van der Waals surface area contributed by atoms with Gasteiger partial charge in [-0.15, -0.1) is 0 Å². The summed E-state index contributed by atoms with van der Waals surface area (Å²) in [5, 5.41) is 24.5. The average Bonchev–Trinajstić information content (AvgIpc) is 0.790. The van der Waals surface area contributed by atoms with Crippen molar-refractivity contribution in [3.05, 3.63) is 132 Å². The number of ketones is 2. The Labute approximate surface area is 562 Å². The van der Waals surface area contributed by atoms with Crippen LogP contribution in [0.5, 0.6) is 23.0 Å². The fourth-order valence-electron chi connectivity index (χ4n) is 11.3. The van der Waals surface area contributed by atoms with E-state index in [1.165, 1.54) is 67.4 Å². The summed E-state index contributed by atoms with van der Waals surface area (Å²) in [6.45, 7) is 9.05. The molecule has 4 aromatic carbocycles. The summed E-state index contributed by atoms with van der Waals surface area (Å²) < 4.78 is 39.7. The van der Waals surface area contributed by atoms with E-state index in [2.05, 4.69) is 23.8 Å². The number of rotatable bonds is 35. The lowest BCUT2D eigenvalue weighted by Crippen LogP contribution is -2.58. The smallest absolute Gasteiger partial charge is 0.330 e. The van der Waals surface area contributed by atoms with Crippen molar-refractivity contribution in [2.24, 2.45) is 10.8 Å². The first-order chi connectivity index (χ1) is 46.2. The van der Waals surface area contributed by atoms with Gasteiger partial charge in [0.2, 0.25) is 29.3 Å². The van der Waals surface area contributed by atoms with E-state index in [0.29, 0.717) is 66.2 Å². The number of aryl methyl sites for hydroxylation is 2. The first kappa shape index (κ1) is 75.6. The van der Waals surface area contributed by atoms with Crippen LogP contribution < -0.4 is 34.5 Å². The number of carbonyl (C=O) groups excluding carboxylic acids is 10. The molecule has 97 heavy (non-hydrogen) atoms. The van der Waals surface area contributed by atoms with Crippen LogP contribution in [0.3, 0.4) is 0 Å². The summed E-state index contributed by atoms with van der Waals surface area (Å²) in [4.78, 5) is 167. The Morgan fingerprint density at radius 3 is 1.63 bits per heavy atom. The lowest BCUT2D eigenvalue weighted by Gasteiger charge is -2.38. The maximum Gasteiger partial charge on any atom is 0.330 e. The number of hydrogen-bond donors (Lipinski definition) is 4.